The largest absolute Gasteiger partial charge is 0.494 e. The molecule has 0 saturated carbocycles. The summed E-state index contributed by atoms with van der Waals surface area (Å²) in [7, 11) is 0. The van der Waals surface area contributed by atoms with Crippen LogP contribution >= 0.6 is 0 Å². The Labute approximate surface area is 205 Å². The first kappa shape index (κ1) is 25.7. The normalized spacial score (nSPS) is 10.6. The Bertz CT molecular complexity index is 1190. The fourth-order valence-corrected chi connectivity index (χ4v) is 3.21. The maximum absolute atomic E-state index is 13.2. The van der Waals surface area contributed by atoms with Crippen molar-refractivity contribution < 1.29 is 23.0 Å². The van der Waals surface area contributed by atoms with Gasteiger partial charge in [-0.05, 0) is 78.7 Å². The lowest BCUT2D eigenvalue weighted by Gasteiger charge is -2.05. The lowest BCUT2D eigenvalue weighted by atomic mass is 10.1. The molecule has 0 amide bonds. The lowest BCUT2D eigenvalue weighted by molar-refractivity contribution is -0.128. The maximum atomic E-state index is 13.2. The summed E-state index contributed by atoms with van der Waals surface area (Å²) in [5.74, 6) is 4.83. The number of esters is 1. The predicted molar refractivity (Wildman–Crippen MR) is 134 cm³/mol. The number of halogens is 2. The van der Waals surface area contributed by atoms with Crippen molar-refractivity contribution in [1.82, 2.24) is 0 Å². The number of carbonyl (C=O) groups excluding carboxylic acids is 1. The smallest absolute Gasteiger partial charge is 0.336 e. The highest BCUT2D eigenvalue weighted by Crippen LogP contribution is 2.15. The molecule has 3 aromatic carbocycles. The molecular formula is C30H28F2O3. The minimum Gasteiger partial charge on any atom is -0.494 e. The first-order chi connectivity index (χ1) is 17.0. The van der Waals surface area contributed by atoms with Gasteiger partial charge in [0.25, 0.3) is 0 Å². The van der Waals surface area contributed by atoms with E-state index in [9.17, 15) is 13.6 Å². The van der Waals surface area contributed by atoms with E-state index in [4.69, 9.17) is 9.47 Å². The van der Waals surface area contributed by atoms with Crippen LogP contribution in [0.1, 0.15) is 55.7 Å². The van der Waals surface area contributed by atoms with Crippen molar-refractivity contribution >= 4 is 12.0 Å². The van der Waals surface area contributed by atoms with Crippen LogP contribution in [0.2, 0.25) is 0 Å². The highest BCUT2D eigenvalue weighted by molar-refractivity contribution is 5.88. The van der Waals surface area contributed by atoms with Gasteiger partial charge in [-0.15, -0.1) is 0 Å². The van der Waals surface area contributed by atoms with Gasteiger partial charge in [-0.3, -0.25) is 0 Å². The van der Waals surface area contributed by atoms with Gasteiger partial charge >= 0.3 is 5.97 Å². The van der Waals surface area contributed by atoms with Crippen LogP contribution in [0.25, 0.3) is 6.08 Å². The number of carbonyl (C=O) groups is 1. The zero-order chi connectivity index (χ0) is 24.9. The Morgan fingerprint density at radius 1 is 0.800 bits per heavy atom. The molecule has 0 spiro atoms. The summed E-state index contributed by atoms with van der Waals surface area (Å²) in [5, 5.41) is 0. The summed E-state index contributed by atoms with van der Waals surface area (Å²) in [5.41, 5.74) is 2.00. The summed E-state index contributed by atoms with van der Waals surface area (Å²) in [6.07, 6.45) is 8.55. The molecule has 0 N–H and O–H groups in total. The van der Waals surface area contributed by atoms with E-state index in [-0.39, 0.29) is 0 Å². The molecule has 180 valence electrons. The lowest BCUT2D eigenvalue weighted by Crippen LogP contribution is -2.03. The molecule has 0 aromatic heterocycles. The third-order valence-corrected chi connectivity index (χ3v) is 5.15. The maximum Gasteiger partial charge on any atom is 0.336 e. The number of rotatable bonds is 10. The van der Waals surface area contributed by atoms with Crippen molar-refractivity contribution in [2.24, 2.45) is 0 Å². The van der Waals surface area contributed by atoms with Gasteiger partial charge in [0.15, 0.2) is 11.6 Å². The Kier molecular flexibility index (Phi) is 10.1. The van der Waals surface area contributed by atoms with Crippen LogP contribution in [-0.2, 0) is 4.79 Å². The second kappa shape index (κ2) is 13.7. The molecule has 0 aliphatic heterocycles. The topological polar surface area (TPSA) is 35.5 Å². The predicted octanol–water partition coefficient (Wildman–Crippen LogP) is 7.33. The van der Waals surface area contributed by atoms with Crippen LogP contribution in [0.3, 0.4) is 0 Å². The summed E-state index contributed by atoms with van der Waals surface area (Å²) >= 11 is 0. The zero-order valence-electron chi connectivity index (χ0n) is 19.7. The first-order valence-electron chi connectivity index (χ1n) is 11.7. The minimum atomic E-state index is -0.977. The van der Waals surface area contributed by atoms with Crippen LogP contribution in [-0.4, -0.2) is 12.6 Å². The van der Waals surface area contributed by atoms with E-state index in [0.29, 0.717) is 11.3 Å². The van der Waals surface area contributed by atoms with Crippen molar-refractivity contribution in [3.63, 3.8) is 0 Å². The average Bonchev–Trinajstić information content (AvgIpc) is 2.87. The number of ether oxygens (including phenoxy) is 2. The van der Waals surface area contributed by atoms with Crippen LogP contribution in [0, 0.1) is 23.5 Å². The van der Waals surface area contributed by atoms with Gasteiger partial charge < -0.3 is 9.47 Å². The molecule has 5 heteroatoms. The standard InChI is InChI=1S/C30H28F2O3/c1-2-3-4-5-6-21-34-26-15-9-23(10-16-26)7-8-24-11-17-27(18-12-24)35-30(33)20-14-25-13-19-28(31)29(32)22-25/h9-20,22H,2-6,21H2,1H3/b20-14+. The fourth-order valence-electron chi connectivity index (χ4n) is 3.21. The van der Waals surface area contributed by atoms with Gasteiger partial charge in [-0.2, -0.15) is 0 Å². The first-order valence-corrected chi connectivity index (χ1v) is 11.7. The Hall–Kier alpha value is -3.91. The van der Waals surface area contributed by atoms with E-state index >= 15 is 0 Å². The summed E-state index contributed by atoms with van der Waals surface area (Å²) in [4.78, 5) is 12.0. The highest BCUT2D eigenvalue weighted by atomic mass is 19.2. The monoisotopic (exact) mass is 474 g/mol. The molecular weight excluding hydrogens is 446 g/mol. The Balaban J connectivity index is 1.47. The molecule has 0 heterocycles. The molecule has 0 saturated heterocycles. The zero-order valence-corrected chi connectivity index (χ0v) is 19.7. The van der Waals surface area contributed by atoms with Crippen LogP contribution < -0.4 is 9.47 Å². The molecule has 0 radical (unpaired) electrons. The van der Waals surface area contributed by atoms with E-state index in [0.717, 1.165) is 48.1 Å². The molecule has 35 heavy (non-hydrogen) atoms. The quantitative estimate of drug-likeness (QED) is 0.101. The van der Waals surface area contributed by atoms with E-state index < -0.39 is 17.6 Å². The molecule has 0 bridgehead atoms. The second-order valence-electron chi connectivity index (χ2n) is 7.99. The Morgan fingerprint density at radius 2 is 1.43 bits per heavy atom. The van der Waals surface area contributed by atoms with Crippen molar-refractivity contribution in [2.75, 3.05) is 6.61 Å². The molecule has 0 unspecified atom stereocenters. The van der Waals surface area contributed by atoms with Crippen molar-refractivity contribution in [3.8, 4) is 23.3 Å². The summed E-state index contributed by atoms with van der Waals surface area (Å²) in [6, 6.07) is 17.9. The van der Waals surface area contributed by atoms with Crippen molar-refractivity contribution in [2.45, 2.75) is 39.0 Å². The highest BCUT2D eigenvalue weighted by Gasteiger charge is 2.03. The van der Waals surface area contributed by atoms with Crippen molar-refractivity contribution in [1.29, 1.82) is 0 Å². The third kappa shape index (κ3) is 9.10. The fraction of sp³-hybridized carbons (Fsp3) is 0.233. The van der Waals surface area contributed by atoms with Gasteiger partial charge in [0.05, 0.1) is 6.61 Å². The molecule has 3 nitrogen and oxygen atoms in total. The van der Waals surface area contributed by atoms with Gasteiger partial charge in [0.2, 0.25) is 0 Å². The number of hydrogen-bond acceptors (Lipinski definition) is 3. The Morgan fingerprint density at radius 3 is 2.06 bits per heavy atom. The number of benzene rings is 3. The molecule has 3 aromatic rings. The van der Waals surface area contributed by atoms with Gasteiger partial charge in [-0.1, -0.05) is 50.5 Å². The van der Waals surface area contributed by atoms with Crippen LogP contribution in [0.4, 0.5) is 8.78 Å². The van der Waals surface area contributed by atoms with E-state index in [1.807, 2.05) is 24.3 Å². The molecule has 0 aliphatic carbocycles. The van der Waals surface area contributed by atoms with Gasteiger partial charge in [0, 0.05) is 17.2 Å². The number of unbranched alkanes of at least 4 members (excludes halogenated alkanes) is 4. The summed E-state index contributed by atoms with van der Waals surface area (Å²) in [6.45, 7) is 2.93. The van der Waals surface area contributed by atoms with E-state index in [1.165, 1.54) is 37.8 Å². The molecule has 3 rings (SSSR count). The van der Waals surface area contributed by atoms with Crippen LogP contribution in [0.15, 0.2) is 72.8 Å². The van der Waals surface area contributed by atoms with E-state index in [2.05, 4.69) is 18.8 Å². The van der Waals surface area contributed by atoms with Crippen LogP contribution in [0.5, 0.6) is 11.5 Å². The van der Waals surface area contributed by atoms with Crippen molar-refractivity contribution in [3.05, 3.63) is 101 Å². The third-order valence-electron chi connectivity index (χ3n) is 5.15. The summed E-state index contributed by atoms with van der Waals surface area (Å²) < 4.78 is 37.2. The van der Waals surface area contributed by atoms with E-state index in [1.54, 1.807) is 24.3 Å². The van der Waals surface area contributed by atoms with Gasteiger partial charge in [0.1, 0.15) is 11.5 Å². The molecule has 0 atom stereocenters. The SMILES string of the molecule is CCCCCCCOc1ccc(C#Cc2ccc(OC(=O)/C=C/c3ccc(F)c(F)c3)cc2)cc1. The number of hydrogen-bond donors (Lipinski definition) is 0. The minimum absolute atomic E-state index is 0.353. The van der Waals surface area contributed by atoms with Gasteiger partial charge in [-0.25, -0.2) is 13.6 Å². The second-order valence-corrected chi connectivity index (χ2v) is 7.99. The molecule has 0 fully saturated rings. The average molecular weight is 475 g/mol. The molecule has 0 aliphatic rings.